The lowest BCUT2D eigenvalue weighted by Crippen LogP contribution is -2.27. The standard InChI is InChI=1S/C19H19FIN3O3/c1-19(2,3)27-18(26)24-13-7-6-12(21)14(15(13)20)16(25)11-9-23-17-10(11)5-4-8-22-17/h4-9,16,25H,1-3H3,(H,22,23)(H,24,26). The average Bonchev–Trinajstić information content (AvgIpc) is 3.00. The van der Waals surface area contributed by atoms with Gasteiger partial charge in [-0.2, -0.15) is 0 Å². The molecular weight excluding hydrogens is 464 g/mol. The third-order valence-corrected chi connectivity index (χ3v) is 4.75. The molecule has 0 bridgehead atoms. The van der Waals surface area contributed by atoms with Crippen molar-refractivity contribution in [3.8, 4) is 0 Å². The van der Waals surface area contributed by atoms with E-state index < -0.39 is 23.6 Å². The van der Waals surface area contributed by atoms with Crippen LogP contribution in [0.5, 0.6) is 0 Å². The van der Waals surface area contributed by atoms with Crippen LogP contribution >= 0.6 is 22.6 Å². The van der Waals surface area contributed by atoms with Gasteiger partial charge in [0.1, 0.15) is 17.4 Å². The van der Waals surface area contributed by atoms with E-state index in [0.29, 0.717) is 20.2 Å². The number of fused-ring (bicyclic) bond motifs is 1. The van der Waals surface area contributed by atoms with E-state index in [4.69, 9.17) is 4.74 Å². The number of halogens is 2. The predicted octanol–water partition coefficient (Wildman–Crippen LogP) is 4.74. The molecule has 142 valence electrons. The molecule has 3 aromatic rings. The minimum absolute atomic E-state index is 0.0586. The summed E-state index contributed by atoms with van der Waals surface area (Å²) in [7, 11) is 0. The number of benzene rings is 1. The molecule has 27 heavy (non-hydrogen) atoms. The van der Waals surface area contributed by atoms with Crippen LogP contribution in [0.1, 0.15) is 38.0 Å². The largest absolute Gasteiger partial charge is 0.444 e. The third-order valence-electron chi connectivity index (χ3n) is 3.81. The van der Waals surface area contributed by atoms with E-state index in [1.54, 1.807) is 51.4 Å². The van der Waals surface area contributed by atoms with Crippen LogP contribution in [0.15, 0.2) is 36.7 Å². The second-order valence-corrected chi connectivity index (χ2v) is 8.16. The number of hydrogen-bond acceptors (Lipinski definition) is 4. The van der Waals surface area contributed by atoms with Crippen molar-refractivity contribution in [3.05, 3.63) is 57.2 Å². The molecule has 0 aliphatic carbocycles. The molecule has 0 aliphatic heterocycles. The number of H-pyrrole nitrogens is 1. The van der Waals surface area contributed by atoms with Crippen molar-refractivity contribution in [2.24, 2.45) is 0 Å². The van der Waals surface area contributed by atoms with E-state index in [9.17, 15) is 9.90 Å². The van der Waals surface area contributed by atoms with Crippen molar-refractivity contribution in [2.75, 3.05) is 5.32 Å². The number of aliphatic hydroxyl groups excluding tert-OH is 1. The number of aromatic nitrogens is 2. The van der Waals surface area contributed by atoms with Crippen LogP contribution in [-0.4, -0.2) is 26.8 Å². The first-order chi connectivity index (χ1) is 12.7. The van der Waals surface area contributed by atoms with Crippen LogP contribution in [0.2, 0.25) is 0 Å². The van der Waals surface area contributed by atoms with Crippen LogP contribution in [0, 0.1) is 9.39 Å². The lowest BCUT2D eigenvalue weighted by Gasteiger charge is -2.21. The summed E-state index contributed by atoms with van der Waals surface area (Å²) >= 11 is 1.95. The van der Waals surface area contributed by atoms with Crippen LogP contribution in [0.3, 0.4) is 0 Å². The van der Waals surface area contributed by atoms with Gasteiger partial charge in [-0.25, -0.2) is 14.2 Å². The fourth-order valence-electron chi connectivity index (χ4n) is 2.69. The topological polar surface area (TPSA) is 87.2 Å². The smallest absolute Gasteiger partial charge is 0.412 e. The maximum absolute atomic E-state index is 15.1. The minimum Gasteiger partial charge on any atom is -0.444 e. The molecule has 0 fully saturated rings. The Morgan fingerprint density at radius 1 is 1.37 bits per heavy atom. The van der Waals surface area contributed by atoms with Crippen LogP contribution in [0.4, 0.5) is 14.9 Å². The van der Waals surface area contributed by atoms with Crippen molar-refractivity contribution >= 4 is 45.4 Å². The van der Waals surface area contributed by atoms with Gasteiger partial charge in [0.2, 0.25) is 0 Å². The summed E-state index contributed by atoms with van der Waals surface area (Å²) in [6.07, 6.45) is 1.24. The number of ether oxygens (including phenoxy) is 1. The number of rotatable bonds is 3. The van der Waals surface area contributed by atoms with Gasteiger partial charge in [-0.15, -0.1) is 0 Å². The Labute approximate surface area is 169 Å². The first-order valence-electron chi connectivity index (χ1n) is 8.25. The number of pyridine rings is 1. The maximum atomic E-state index is 15.1. The van der Waals surface area contributed by atoms with E-state index >= 15 is 4.39 Å². The third kappa shape index (κ3) is 4.22. The Kier molecular flexibility index (Phi) is 5.38. The molecule has 0 saturated heterocycles. The molecule has 2 aromatic heterocycles. The SMILES string of the molecule is CC(C)(C)OC(=O)Nc1ccc(I)c(C(O)c2c[nH]c3ncccc23)c1F. The summed E-state index contributed by atoms with van der Waals surface area (Å²) in [4.78, 5) is 19.1. The number of aliphatic hydroxyl groups is 1. The number of carbonyl (C=O) groups excluding carboxylic acids is 1. The zero-order valence-corrected chi connectivity index (χ0v) is 17.2. The summed E-state index contributed by atoms with van der Waals surface area (Å²) in [6.45, 7) is 5.16. The number of anilines is 1. The highest BCUT2D eigenvalue weighted by molar-refractivity contribution is 14.1. The second-order valence-electron chi connectivity index (χ2n) is 7.00. The molecule has 0 aliphatic rings. The molecule has 0 saturated carbocycles. The van der Waals surface area contributed by atoms with Gasteiger partial charge in [0.05, 0.1) is 5.69 Å². The highest BCUT2D eigenvalue weighted by atomic mass is 127. The lowest BCUT2D eigenvalue weighted by atomic mass is 10.0. The van der Waals surface area contributed by atoms with Crippen LogP contribution in [0.25, 0.3) is 11.0 Å². The fraction of sp³-hybridized carbons (Fsp3) is 0.263. The van der Waals surface area contributed by atoms with Crippen LogP contribution < -0.4 is 5.32 Å². The van der Waals surface area contributed by atoms with E-state index in [2.05, 4.69) is 15.3 Å². The van der Waals surface area contributed by atoms with E-state index in [1.807, 2.05) is 22.6 Å². The molecule has 3 rings (SSSR count). The van der Waals surface area contributed by atoms with Gasteiger partial charge in [-0.1, -0.05) is 0 Å². The van der Waals surface area contributed by atoms with Gasteiger partial charge in [-0.05, 0) is 67.6 Å². The fourth-order valence-corrected chi connectivity index (χ4v) is 3.40. The van der Waals surface area contributed by atoms with E-state index in [-0.39, 0.29) is 11.3 Å². The summed E-state index contributed by atoms with van der Waals surface area (Å²) in [5.41, 5.74) is 0.420. The van der Waals surface area contributed by atoms with Crippen molar-refractivity contribution in [1.29, 1.82) is 0 Å². The normalized spacial score (nSPS) is 12.8. The van der Waals surface area contributed by atoms with Gasteiger partial charge in [0.15, 0.2) is 5.82 Å². The summed E-state index contributed by atoms with van der Waals surface area (Å²) in [5.74, 6) is -0.710. The second kappa shape index (κ2) is 7.43. The number of nitrogens with one attached hydrogen (secondary N) is 2. The summed E-state index contributed by atoms with van der Waals surface area (Å²) < 4.78 is 20.8. The van der Waals surface area contributed by atoms with E-state index in [1.165, 1.54) is 6.07 Å². The molecule has 8 heteroatoms. The maximum Gasteiger partial charge on any atom is 0.412 e. The number of hydrogen-bond donors (Lipinski definition) is 3. The predicted molar refractivity (Wildman–Crippen MR) is 109 cm³/mol. The number of carbonyl (C=O) groups is 1. The van der Waals surface area contributed by atoms with Gasteiger partial charge < -0.3 is 14.8 Å². The highest BCUT2D eigenvalue weighted by Crippen LogP contribution is 2.35. The lowest BCUT2D eigenvalue weighted by molar-refractivity contribution is 0.0635. The molecule has 1 amide bonds. The highest BCUT2D eigenvalue weighted by Gasteiger charge is 2.25. The summed E-state index contributed by atoms with van der Waals surface area (Å²) in [5, 5.41) is 13.9. The zero-order valence-electron chi connectivity index (χ0n) is 15.0. The Morgan fingerprint density at radius 3 is 2.81 bits per heavy atom. The zero-order chi connectivity index (χ0) is 19.8. The van der Waals surface area contributed by atoms with Gasteiger partial charge >= 0.3 is 6.09 Å². The monoisotopic (exact) mass is 483 g/mol. The van der Waals surface area contributed by atoms with Gasteiger partial charge in [0.25, 0.3) is 0 Å². The molecule has 6 nitrogen and oxygen atoms in total. The molecule has 1 aromatic carbocycles. The van der Waals surface area contributed by atoms with Crippen molar-refractivity contribution in [1.82, 2.24) is 9.97 Å². The average molecular weight is 483 g/mol. The first-order valence-corrected chi connectivity index (χ1v) is 9.33. The van der Waals surface area contributed by atoms with Crippen molar-refractivity contribution in [3.63, 3.8) is 0 Å². The Balaban J connectivity index is 1.97. The molecule has 1 atom stereocenters. The minimum atomic E-state index is -1.23. The van der Waals surface area contributed by atoms with Gasteiger partial charge in [-0.3, -0.25) is 5.32 Å². The molecular formula is C19H19FIN3O3. The Hall–Kier alpha value is -2.20. The van der Waals surface area contributed by atoms with Crippen molar-refractivity contribution < 1.29 is 19.0 Å². The molecule has 3 N–H and O–H groups in total. The number of amides is 1. The van der Waals surface area contributed by atoms with Crippen molar-refractivity contribution in [2.45, 2.75) is 32.5 Å². The van der Waals surface area contributed by atoms with Crippen LogP contribution in [-0.2, 0) is 4.74 Å². The molecule has 1 unspecified atom stereocenters. The Bertz CT molecular complexity index is 998. The number of aromatic amines is 1. The summed E-state index contributed by atoms with van der Waals surface area (Å²) in [6, 6.07) is 6.61. The first kappa shape index (κ1) is 19.6. The quantitative estimate of drug-likeness (QED) is 0.470. The Morgan fingerprint density at radius 2 is 2.11 bits per heavy atom. The number of nitrogens with zero attached hydrogens (tertiary/aromatic N) is 1. The molecule has 2 heterocycles. The van der Waals surface area contributed by atoms with Gasteiger partial charge in [0, 0.05) is 32.5 Å². The van der Waals surface area contributed by atoms with E-state index in [0.717, 1.165) is 0 Å². The molecule has 0 spiro atoms. The molecule has 0 radical (unpaired) electrons.